The van der Waals surface area contributed by atoms with Crippen LogP contribution in [0.2, 0.25) is 0 Å². The number of anilines is 2. The number of urea groups is 1. The summed E-state index contributed by atoms with van der Waals surface area (Å²) in [6.07, 6.45) is 5.29. The largest absolute Gasteiger partial charge is 0.349 e. The van der Waals surface area contributed by atoms with E-state index in [1.54, 1.807) is 24.3 Å². The van der Waals surface area contributed by atoms with Crippen LogP contribution in [0.4, 0.5) is 16.2 Å². The fourth-order valence-electron chi connectivity index (χ4n) is 4.82. The lowest BCUT2D eigenvalue weighted by Crippen LogP contribution is -2.40. The number of benzene rings is 2. The van der Waals surface area contributed by atoms with Crippen LogP contribution in [-0.4, -0.2) is 18.0 Å². The Morgan fingerprint density at radius 2 is 1.57 bits per heavy atom. The summed E-state index contributed by atoms with van der Waals surface area (Å²) in [5, 5.41) is 8.72. The molecule has 2 aliphatic rings. The highest BCUT2D eigenvalue weighted by Gasteiger charge is 2.42. The van der Waals surface area contributed by atoms with Gasteiger partial charge in [0.1, 0.15) is 0 Å². The summed E-state index contributed by atoms with van der Waals surface area (Å²) in [6.45, 7) is 2.13. The molecule has 0 saturated heterocycles. The van der Waals surface area contributed by atoms with Gasteiger partial charge in [-0.1, -0.05) is 24.6 Å². The average molecular weight is 377 g/mol. The molecule has 2 bridgehead atoms. The minimum atomic E-state index is -0.312. The number of fused-ring (bicyclic) bond motifs is 2. The Labute approximate surface area is 165 Å². The predicted octanol–water partition coefficient (Wildman–Crippen LogP) is 4.89. The van der Waals surface area contributed by atoms with Crippen molar-refractivity contribution in [2.24, 2.45) is 17.8 Å². The van der Waals surface area contributed by atoms with Crippen molar-refractivity contribution >= 4 is 23.3 Å². The molecule has 28 heavy (non-hydrogen) atoms. The quantitative estimate of drug-likeness (QED) is 0.695. The van der Waals surface area contributed by atoms with Crippen molar-refractivity contribution in [1.29, 1.82) is 0 Å². The maximum Gasteiger partial charge on any atom is 0.323 e. The van der Waals surface area contributed by atoms with E-state index >= 15 is 0 Å². The molecule has 5 nitrogen and oxygen atoms in total. The number of para-hydroxylation sites is 1. The van der Waals surface area contributed by atoms with Crippen LogP contribution in [0.25, 0.3) is 0 Å². The Morgan fingerprint density at radius 3 is 2.18 bits per heavy atom. The van der Waals surface area contributed by atoms with E-state index in [4.69, 9.17) is 0 Å². The summed E-state index contributed by atoms with van der Waals surface area (Å²) < 4.78 is 0. The van der Waals surface area contributed by atoms with Crippen molar-refractivity contribution in [2.45, 2.75) is 38.6 Å². The molecule has 2 aromatic rings. The Hall–Kier alpha value is -2.82. The minimum absolute atomic E-state index is 0.0458. The van der Waals surface area contributed by atoms with E-state index in [2.05, 4.69) is 22.9 Å². The molecular weight excluding hydrogens is 350 g/mol. The van der Waals surface area contributed by atoms with Gasteiger partial charge in [0.25, 0.3) is 5.91 Å². The van der Waals surface area contributed by atoms with Gasteiger partial charge in [0.05, 0.1) is 0 Å². The van der Waals surface area contributed by atoms with Gasteiger partial charge < -0.3 is 16.0 Å². The lowest BCUT2D eigenvalue weighted by Gasteiger charge is -2.28. The van der Waals surface area contributed by atoms with E-state index in [9.17, 15) is 9.59 Å². The van der Waals surface area contributed by atoms with Crippen LogP contribution in [0, 0.1) is 17.8 Å². The number of carbonyl (C=O) groups is 2. The van der Waals surface area contributed by atoms with Crippen molar-refractivity contribution in [2.75, 3.05) is 10.6 Å². The van der Waals surface area contributed by atoms with Crippen LogP contribution in [0.3, 0.4) is 0 Å². The standard InChI is InChI=1S/C23H27N3O2/c1-15(21-14-16-7-8-18(21)13-16)24-22(27)17-9-11-20(12-10-17)26-23(28)25-19-5-3-2-4-6-19/h2-6,9-12,15-16,18,21H,7-8,13-14H2,1H3,(H,24,27)(H2,25,26,28). The van der Waals surface area contributed by atoms with E-state index in [0.717, 1.165) is 17.5 Å². The molecule has 5 heteroatoms. The molecule has 0 aromatic heterocycles. The second-order valence-corrected chi connectivity index (χ2v) is 8.12. The number of rotatable bonds is 5. The van der Waals surface area contributed by atoms with Crippen LogP contribution in [0.15, 0.2) is 54.6 Å². The summed E-state index contributed by atoms with van der Waals surface area (Å²) in [5.74, 6) is 2.23. The SMILES string of the molecule is CC(NC(=O)c1ccc(NC(=O)Nc2ccccc2)cc1)C1CC2CCC1C2. The Morgan fingerprint density at radius 1 is 0.893 bits per heavy atom. The zero-order valence-electron chi connectivity index (χ0n) is 16.2. The highest BCUT2D eigenvalue weighted by Crippen LogP contribution is 2.49. The van der Waals surface area contributed by atoms with E-state index in [1.807, 2.05) is 30.3 Å². The zero-order chi connectivity index (χ0) is 19.5. The first kappa shape index (κ1) is 18.5. The molecule has 3 N–H and O–H groups in total. The lowest BCUT2D eigenvalue weighted by atomic mass is 9.84. The fourth-order valence-corrected chi connectivity index (χ4v) is 4.82. The molecule has 4 rings (SSSR count). The number of nitrogens with one attached hydrogen (secondary N) is 3. The van der Waals surface area contributed by atoms with Crippen LogP contribution in [0.1, 0.15) is 43.0 Å². The van der Waals surface area contributed by atoms with E-state index < -0.39 is 0 Å². The molecule has 0 aliphatic heterocycles. The highest BCUT2D eigenvalue weighted by molar-refractivity contribution is 6.00. The van der Waals surface area contributed by atoms with Gasteiger partial charge in [0.2, 0.25) is 0 Å². The number of hydrogen-bond acceptors (Lipinski definition) is 2. The third-order valence-electron chi connectivity index (χ3n) is 6.23. The maximum absolute atomic E-state index is 12.6. The Kier molecular flexibility index (Phi) is 5.33. The third kappa shape index (κ3) is 4.19. The van der Waals surface area contributed by atoms with Crippen molar-refractivity contribution < 1.29 is 9.59 Å². The molecular formula is C23H27N3O2. The van der Waals surface area contributed by atoms with Crippen molar-refractivity contribution in [1.82, 2.24) is 5.32 Å². The molecule has 4 atom stereocenters. The first-order valence-corrected chi connectivity index (χ1v) is 10.1. The van der Waals surface area contributed by atoms with Gasteiger partial charge in [0.15, 0.2) is 0 Å². The van der Waals surface area contributed by atoms with Crippen molar-refractivity contribution in [3.63, 3.8) is 0 Å². The highest BCUT2D eigenvalue weighted by atomic mass is 16.2. The Balaban J connectivity index is 1.30. The fraction of sp³-hybridized carbons (Fsp3) is 0.391. The zero-order valence-corrected chi connectivity index (χ0v) is 16.2. The molecule has 146 valence electrons. The van der Waals surface area contributed by atoms with Gasteiger partial charge in [0, 0.05) is 23.0 Å². The molecule has 2 aromatic carbocycles. The van der Waals surface area contributed by atoms with Crippen LogP contribution in [-0.2, 0) is 0 Å². The second kappa shape index (κ2) is 8.05. The summed E-state index contributed by atoms with van der Waals surface area (Å²) in [4.78, 5) is 24.6. The number of amides is 3. The molecule has 0 spiro atoms. The molecule has 2 aliphatic carbocycles. The summed E-state index contributed by atoms with van der Waals surface area (Å²) in [6, 6.07) is 16.2. The van der Waals surface area contributed by atoms with Crippen LogP contribution in [0.5, 0.6) is 0 Å². The topological polar surface area (TPSA) is 70.2 Å². The molecule has 0 heterocycles. The van der Waals surface area contributed by atoms with Crippen molar-refractivity contribution in [3.8, 4) is 0 Å². The number of hydrogen-bond donors (Lipinski definition) is 3. The monoisotopic (exact) mass is 377 g/mol. The van der Waals surface area contributed by atoms with E-state index in [0.29, 0.717) is 17.2 Å². The van der Waals surface area contributed by atoms with Crippen molar-refractivity contribution in [3.05, 3.63) is 60.2 Å². The molecule has 4 unspecified atom stereocenters. The Bertz CT molecular complexity index is 835. The minimum Gasteiger partial charge on any atom is -0.349 e. The van der Waals surface area contributed by atoms with Crippen LogP contribution >= 0.6 is 0 Å². The van der Waals surface area contributed by atoms with E-state index in [-0.39, 0.29) is 18.0 Å². The molecule has 2 saturated carbocycles. The van der Waals surface area contributed by atoms with Gasteiger partial charge >= 0.3 is 6.03 Å². The van der Waals surface area contributed by atoms with Gasteiger partial charge in [-0.25, -0.2) is 4.79 Å². The van der Waals surface area contributed by atoms with Gasteiger partial charge in [-0.15, -0.1) is 0 Å². The van der Waals surface area contributed by atoms with Crippen LogP contribution < -0.4 is 16.0 Å². The lowest BCUT2D eigenvalue weighted by molar-refractivity contribution is 0.0915. The summed E-state index contributed by atoms with van der Waals surface area (Å²) in [7, 11) is 0. The number of carbonyl (C=O) groups excluding carboxylic acids is 2. The second-order valence-electron chi connectivity index (χ2n) is 8.12. The maximum atomic E-state index is 12.6. The van der Waals surface area contributed by atoms with Gasteiger partial charge in [-0.3, -0.25) is 4.79 Å². The summed E-state index contributed by atoms with van der Waals surface area (Å²) >= 11 is 0. The molecule has 2 fully saturated rings. The van der Waals surface area contributed by atoms with Gasteiger partial charge in [-0.05, 0) is 80.3 Å². The molecule has 3 amide bonds. The normalized spacial score (nSPS) is 23.8. The summed E-state index contributed by atoms with van der Waals surface area (Å²) in [5.41, 5.74) is 1.99. The average Bonchev–Trinajstić information content (AvgIpc) is 3.33. The predicted molar refractivity (Wildman–Crippen MR) is 111 cm³/mol. The first-order chi connectivity index (χ1) is 13.6. The third-order valence-corrected chi connectivity index (χ3v) is 6.23. The first-order valence-electron chi connectivity index (χ1n) is 10.1. The van der Waals surface area contributed by atoms with E-state index in [1.165, 1.54) is 25.7 Å². The smallest absolute Gasteiger partial charge is 0.323 e. The van der Waals surface area contributed by atoms with Gasteiger partial charge in [-0.2, -0.15) is 0 Å². The molecule has 0 radical (unpaired) electrons.